The molecule has 2 N–H and O–H groups in total. The summed E-state index contributed by atoms with van der Waals surface area (Å²) >= 11 is 3.22. The predicted molar refractivity (Wildman–Crippen MR) is 43.9 cm³/mol. The maximum Gasteiger partial charge on any atom is 0.106 e. The summed E-state index contributed by atoms with van der Waals surface area (Å²) < 4.78 is 0. The zero-order valence-electron chi connectivity index (χ0n) is 6.29. The highest BCUT2D eigenvalue weighted by Crippen LogP contribution is 2.00. The molecule has 0 aliphatic rings. The van der Waals surface area contributed by atoms with Crippen LogP contribution in [0.15, 0.2) is 0 Å². The van der Waals surface area contributed by atoms with E-state index in [1.807, 2.05) is 0 Å². The van der Waals surface area contributed by atoms with Gasteiger partial charge in [0.05, 0.1) is 0 Å². The Kier molecular flexibility index (Phi) is 5.25. The van der Waals surface area contributed by atoms with Gasteiger partial charge in [-0.2, -0.15) is 0 Å². The van der Waals surface area contributed by atoms with Gasteiger partial charge < -0.3 is 10.2 Å². The van der Waals surface area contributed by atoms with E-state index in [1.165, 1.54) is 0 Å². The number of hydrogen-bond acceptors (Lipinski definition) is 3. The van der Waals surface area contributed by atoms with Crippen molar-refractivity contribution in [3.8, 4) is 0 Å². The molecule has 0 amide bonds. The number of hydrogen-bond donors (Lipinski definition) is 2. The Morgan fingerprint density at radius 2 is 1.70 bits per heavy atom. The number of nitrogens with zero attached hydrogens (tertiary/aromatic N) is 1. The van der Waals surface area contributed by atoms with Crippen LogP contribution in [0, 0.1) is 0 Å². The van der Waals surface area contributed by atoms with E-state index >= 15 is 0 Å². The zero-order valence-corrected chi connectivity index (χ0v) is 7.87. The summed E-state index contributed by atoms with van der Waals surface area (Å²) in [7, 11) is 0. The molecule has 0 saturated heterocycles. The Labute approximate surface area is 69.8 Å². The van der Waals surface area contributed by atoms with E-state index in [0.717, 1.165) is 5.33 Å². The van der Waals surface area contributed by atoms with Crippen LogP contribution in [0.4, 0.5) is 0 Å². The summed E-state index contributed by atoms with van der Waals surface area (Å²) in [6, 6.07) is 0. The van der Waals surface area contributed by atoms with Gasteiger partial charge in [-0.3, -0.25) is 4.90 Å². The molecule has 0 aliphatic heterocycles. The molecule has 2 atom stereocenters. The van der Waals surface area contributed by atoms with Gasteiger partial charge in [0.25, 0.3) is 0 Å². The normalized spacial score (nSPS) is 17.4. The fourth-order valence-electron chi connectivity index (χ4n) is 0.783. The summed E-state index contributed by atoms with van der Waals surface area (Å²) in [5, 5.41) is 18.9. The summed E-state index contributed by atoms with van der Waals surface area (Å²) in [4.78, 5) is 1.58. The van der Waals surface area contributed by atoms with Crippen LogP contribution >= 0.6 is 15.9 Å². The minimum Gasteiger partial charge on any atom is -0.379 e. The zero-order chi connectivity index (χ0) is 8.15. The van der Waals surface area contributed by atoms with E-state index in [4.69, 9.17) is 10.2 Å². The molecular weight excluding hydrogens is 198 g/mol. The summed E-state index contributed by atoms with van der Waals surface area (Å²) in [6.07, 6.45) is -1.17. The first-order chi connectivity index (χ1) is 4.59. The van der Waals surface area contributed by atoms with Gasteiger partial charge in [-0.05, 0) is 13.8 Å². The third kappa shape index (κ3) is 3.51. The standard InChI is InChI=1S/C6H14BrNO2/c1-5(9)8(4-3-7)6(2)10/h5-6,9-10H,3-4H2,1-2H3. The number of halogens is 1. The Balaban J connectivity index is 3.73. The molecule has 0 radical (unpaired) electrons. The van der Waals surface area contributed by atoms with Gasteiger partial charge in [0.15, 0.2) is 0 Å². The number of aliphatic hydroxyl groups excluding tert-OH is 2. The van der Waals surface area contributed by atoms with Gasteiger partial charge in [-0.15, -0.1) is 0 Å². The van der Waals surface area contributed by atoms with Gasteiger partial charge in [0, 0.05) is 11.9 Å². The second-order valence-corrected chi connectivity index (χ2v) is 2.98. The largest absolute Gasteiger partial charge is 0.379 e. The first kappa shape index (κ1) is 10.4. The molecular formula is C6H14BrNO2. The van der Waals surface area contributed by atoms with Crippen molar-refractivity contribution in [1.29, 1.82) is 0 Å². The second-order valence-electron chi connectivity index (χ2n) is 2.19. The number of aliphatic hydroxyl groups is 2. The van der Waals surface area contributed by atoms with E-state index < -0.39 is 12.5 Å². The summed E-state index contributed by atoms with van der Waals surface area (Å²) in [5.74, 6) is 0. The van der Waals surface area contributed by atoms with Crippen molar-refractivity contribution in [3.63, 3.8) is 0 Å². The van der Waals surface area contributed by atoms with Crippen molar-refractivity contribution in [1.82, 2.24) is 4.90 Å². The van der Waals surface area contributed by atoms with Crippen molar-refractivity contribution in [2.45, 2.75) is 26.3 Å². The third-order valence-corrected chi connectivity index (χ3v) is 1.66. The molecule has 0 aromatic rings. The average Bonchev–Trinajstić information content (AvgIpc) is 1.81. The molecule has 0 fully saturated rings. The van der Waals surface area contributed by atoms with Crippen molar-refractivity contribution in [3.05, 3.63) is 0 Å². The lowest BCUT2D eigenvalue weighted by atomic mass is 10.4. The van der Waals surface area contributed by atoms with Crippen LogP contribution in [0.3, 0.4) is 0 Å². The first-order valence-electron chi connectivity index (χ1n) is 3.27. The molecule has 0 bridgehead atoms. The molecule has 0 aromatic carbocycles. The van der Waals surface area contributed by atoms with E-state index in [2.05, 4.69) is 15.9 Å². The molecule has 10 heavy (non-hydrogen) atoms. The molecule has 0 spiro atoms. The topological polar surface area (TPSA) is 43.7 Å². The molecule has 0 rings (SSSR count). The van der Waals surface area contributed by atoms with Gasteiger partial charge >= 0.3 is 0 Å². The van der Waals surface area contributed by atoms with E-state index in [9.17, 15) is 0 Å². The Bertz CT molecular complexity index is 79.8. The van der Waals surface area contributed by atoms with E-state index in [1.54, 1.807) is 18.7 Å². The third-order valence-electron chi connectivity index (χ3n) is 1.30. The SMILES string of the molecule is CC(O)N(CCBr)C(C)O. The molecule has 0 saturated carbocycles. The van der Waals surface area contributed by atoms with Crippen molar-refractivity contribution >= 4 is 15.9 Å². The van der Waals surface area contributed by atoms with Gasteiger partial charge in [0.2, 0.25) is 0 Å². The van der Waals surface area contributed by atoms with E-state index in [-0.39, 0.29) is 0 Å². The predicted octanol–water partition coefficient (Wildman–Crippen LogP) is 0.360. The lowest BCUT2D eigenvalue weighted by Crippen LogP contribution is -2.41. The lowest BCUT2D eigenvalue weighted by molar-refractivity contribution is -0.0798. The number of rotatable bonds is 4. The van der Waals surface area contributed by atoms with E-state index in [0.29, 0.717) is 6.54 Å². The fraction of sp³-hybridized carbons (Fsp3) is 1.00. The highest BCUT2D eigenvalue weighted by atomic mass is 79.9. The van der Waals surface area contributed by atoms with Crippen molar-refractivity contribution in [2.24, 2.45) is 0 Å². The molecule has 4 heteroatoms. The highest BCUT2D eigenvalue weighted by Gasteiger charge is 2.13. The van der Waals surface area contributed by atoms with Crippen LogP contribution in [0.25, 0.3) is 0 Å². The minimum atomic E-state index is -0.586. The molecule has 3 nitrogen and oxygen atoms in total. The quantitative estimate of drug-likeness (QED) is 0.522. The van der Waals surface area contributed by atoms with Crippen LogP contribution in [0.1, 0.15) is 13.8 Å². The van der Waals surface area contributed by atoms with Crippen LogP contribution in [0.2, 0.25) is 0 Å². The molecule has 2 unspecified atom stereocenters. The molecule has 62 valence electrons. The van der Waals surface area contributed by atoms with Crippen LogP contribution in [-0.2, 0) is 0 Å². The first-order valence-corrected chi connectivity index (χ1v) is 4.39. The van der Waals surface area contributed by atoms with Gasteiger partial charge in [-0.1, -0.05) is 15.9 Å². The van der Waals surface area contributed by atoms with Gasteiger partial charge in [0.1, 0.15) is 12.5 Å². The van der Waals surface area contributed by atoms with Crippen LogP contribution in [0.5, 0.6) is 0 Å². The maximum atomic E-state index is 9.06. The monoisotopic (exact) mass is 211 g/mol. The number of alkyl halides is 1. The van der Waals surface area contributed by atoms with Crippen molar-refractivity contribution < 1.29 is 10.2 Å². The second kappa shape index (κ2) is 5.07. The Morgan fingerprint density at radius 3 is 1.80 bits per heavy atom. The lowest BCUT2D eigenvalue weighted by Gasteiger charge is -2.26. The minimum absolute atomic E-state index is 0.586. The molecule has 0 aliphatic carbocycles. The van der Waals surface area contributed by atoms with Crippen molar-refractivity contribution in [2.75, 3.05) is 11.9 Å². The van der Waals surface area contributed by atoms with Crippen LogP contribution < -0.4 is 0 Å². The highest BCUT2D eigenvalue weighted by molar-refractivity contribution is 9.09. The van der Waals surface area contributed by atoms with Gasteiger partial charge in [-0.25, -0.2) is 0 Å². The molecule has 0 heterocycles. The Hall–Kier alpha value is 0.360. The molecule has 0 aromatic heterocycles. The average molecular weight is 212 g/mol. The maximum absolute atomic E-state index is 9.06. The Morgan fingerprint density at radius 1 is 1.30 bits per heavy atom. The van der Waals surface area contributed by atoms with Crippen LogP contribution in [-0.4, -0.2) is 39.4 Å². The summed E-state index contributed by atoms with van der Waals surface area (Å²) in [6.45, 7) is 3.92. The summed E-state index contributed by atoms with van der Waals surface area (Å²) in [5.41, 5.74) is 0. The smallest absolute Gasteiger partial charge is 0.106 e. The fourth-order valence-corrected chi connectivity index (χ4v) is 1.19.